The molecule has 0 aliphatic rings. The molecule has 0 bridgehead atoms. The van der Waals surface area contributed by atoms with Crippen molar-refractivity contribution >= 4 is 17.0 Å². The predicted octanol–water partition coefficient (Wildman–Crippen LogP) is 1.68. The number of aryl methyl sites for hydroxylation is 1. The predicted molar refractivity (Wildman–Crippen MR) is 71.4 cm³/mol. The molecule has 0 aliphatic carbocycles. The molecule has 6 nitrogen and oxygen atoms in total. The fraction of sp³-hybridized carbons (Fsp3) is 0.143. The van der Waals surface area contributed by atoms with E-state index in [0.29, 0.717) is 17.6 Å². The number of carbonyl (C=O) groups is 1. The molecule has 21 heavy (non-hydrogen) atoms. The maximum absolute atomic E-state index is 11.2. The summed E-state index contributed by atoms with van der Waals surface area (Å²) < 4.78 is 1.61. The Balaban J connectivity index is 0.00000161. The van der Waals surface area contributed by atoms with E-state index in [-0.39, 0.29) is 38.4 Å². The number of benzene rings is 1. The van der Waals surface area contributed by atoms with Gasteiger partial charge in [0, 0.05) is 39.3 Å². The van der Waals surface area contributed by atoms with Crippen LogP contribution in [0.5, 0.6) is 0 Å². The van der Waals surface area contributed by atoms with Crippen molar-refractivity contribution < 1.29 is 42.6 Å². The maximum atomic E-state index is 11.2. The van der Waals surface area contributed by atoms with Gasteiger partial charge in [-0.3, -0.25) is 4.68 Å². The second-order valence-corrected chi connectivity index (χ2v) is 4.42. The number of aromatic carboxylic acids is 1. The van der Waals surface area contributed by atoms with Crippen LogP contribution in [0.1, 0.15) is 21.6 Å². The second kappa shape index (κ2) is 6.41. The number of carboxylic acids is 1. The first kappa shape index (κ1) is 15.7. The van der Waals surface area contributed by atoms with Gasteiger partial charge in [-0.2, -0.15) is 34.9 Å². The number of carboxylic acid groups (broad SMARTS) is 1. The molecule has 0 atom stereocenters. The second-order valence-electron chi connectivity index (χ2n) is 4.42. The van der Waals surface area contributed by atoms with E-state index in [1.807, 2.05) is 25.1 Å². The van der Waals surface area contributed by atoms with Crippen LogP contribution < -0.4 is 0 Å². The maximum Gasteiger partial charge on any atom is 0.358 e. The molecule has 0 amide bonds. The summed E-state index contributed by atoms with van der Waals surface area (Å²) in [5.41, 5.74) is 3.03. The third-order valence-corrected chi connectivity index (χ3v) is 3.13. The normalized spacial score (nSPS) is 10.3. The van der Waals surface area contributed by atoms with Gasteiger partial charge < -0.3 is 5.11 Å². The number of aromatic nitrogens is 4. The standard InChI is InChI=1S/C14H11N4O2.Y/c1-9-4-2-3-5-10(9)7-18-11-6-15-8-16-12(11)13(17-18)14(19)20;/h3-6,8H,7H2,1H3,(H,19,20);/q-1;. The van der Waals surface area contributed by atoms with Crippen LogP contribution in [0.2, 0.25) is 0 Å². The molecule has 0 saturated carbocycles. The molecule has 3 aromatic rings. The number of hydrogen-bond donors (Lipinski definition) is 1. The zero-order chi connectivity index (χ0) is 14.1. The summed E-state index contributed by atoms with van der Waals surface area (Å²) in [6, 6.07) is 8.64. The van der Waals surface area contributed by atoms with Crippen LogP contribution in [-0.4, -0.2) is 30.8 Å². The van der Waals surface area contributed by atoms with Crippen molar-refractivity contribution in [2.45, 2.75) is 13.5 Å². The molecule has 1 aromatic carbocycles. The van der Waals surface area contributed by atoms with Gasteiger partial charge in [0.15, 0.2) is 5.69 Å². The van der Waals surface area contributed by atoms with E-state index in [0.717, 1.165) is 11.1 Å². The van der Waals surface area contributed by atoms with E-state index < -0.39 is 5.97 Å². The summed E-state index contributed by atoms with van der Waals surface area (Å²) in [7, 11) is 0. The fourth-order valence-electron chi connectivity index (χ4n) is 2.06. The number of rotatable bonds is 3. The third-order valence-electron chi connectivity index (χ3n) is 3.13. The summed E-state index contributed by atoms with van der Waals surface area (Å²) >= 11 is 0. The molecule has 0 aliphatic heterocycles. The molecule has 0 saturated heterocycles. The number of nitrogens with zero attached hydrogens (tertiary/aromatic N) is 4. The topological polar surface area (TPSA) is 80.9 Å². The van der Waals surface area contributed by atoms with Crippen LogP contribution in [0.4, 0.5) is 0 Å². The average molecular weight is 356 g/mol. The van der Waals surface area contributed by atoms with Crippen LogP contribution in [-0.2, 0) is 39.3 Å². The molecule has 2 aromatic heterocycles. The third kappa shape index (κ3) is 3.01. The van der Waals surface area contributed by atoms with E-state index in [1.54, 1.807) is 10.9 Å². The minimum Gasteiger partial charge on any atom is -0.476 e. The van der Waals surface area contributed by atoms with Crippen molar-refractivity contribution in [3.05, 3.63) is 53.6 Å². The van der Waals surface area contributed by atoms with Crippen molar-refractivity contribution in [3.63, 3.8) is 0 Å². The summed E-state index contributed by atoms with van der Waals surface area (Å²) in [4.78, 5) is 19.2. The minimum absolute atomic E-state index is 0. The van der Waals surface area contributed by atoms with E-state index in [9.17, 15) is 9.90 Å². The van der Waals surface area contributed by atoms with Gasteiger partial charge in [0.1, 0.15) is 17.4 Å². The van der Waals surface area contributed by atoms with Crippen molar-refractivity contribution in [1.82, 2.24) is 19.7 Å². The first-order chi connectivity index (χ1) is 9.66. The fourth-order valence-corrected chi connectivity index (χ4v) is 2.06. The first-order valence-electron chi connectivity index (χ1n) is 6.02. The Kier molecular flexibility index (Phi) is 4.80. The Labute approximate surface area is 146 Å². The van der Waals surface area contributed by atoms with Gasteiger partial charge in [0.05, 0.1) is 6.20 Å². The van der Waals surface area contributed by atoms with Gasteiger partial charge in [0.25, 0.3) is 0 Å². The molecular weight excluding hydrogens is 345 g/mol. The smallest absolute Gasteiger partial charge is 0.358 e. The molecule has 0 fully saturated rings. The van der Waals surface area contributed by atoms with E-state index in [2.05, 4.69) is 21.1 Å². The van der Waals surface area contributed by atoms with Gasteiger partial charge in [-0.25, -0.2) is 14.8 Å². The van der Waals surface area contributed by atoms with Crippen LogP contribution in [0.3, 0.4) is 0 Å². The summed E-state index contributed by atoms with van der Waals surface area (Å²) in [5.74, 6) is -1.09. The molecule has 1 radical (unpaired) electrons. The van der Waals surface area contributed by atoms with Gasteiger partial charge >= 0.3 is 5.97 Å². The van der Waals surface area contributed by atoms with Gasteiger partial charge in [0.2, 0.25) is 0 Å². The van der Waals surface area contributed by atoms with Crippen molar-refractivity contribution in [2.24, 2.45) is 0 Å². The Bertz CT molecular complexity index is 801. The van der Waals surface area contributed by atoms with E-state index in [1.165, 1.54) is 6.33 Å². The van der Waals surface area contributed by atoms with E-state index in [4.69, 9.17) is 0 Å². The molecule has 3 rings (SSSR count). The van der Waals surface area contributed by atoms with Gasteiger partial charge in [-0.05, 0) is 0 Å². The summed E-state index contributed by atoms with van der Waals surface area (Å²) in [5, 5.41) is 13.3. The minimum atomic E-state index is -1.09. The van der Waals surface area contributed by atoms with Crippen LogP contribution in [0.25, 0.3) is 11.0 Å². The monoisotopic (exact) mass is 356 g/mol. The first-order valence-corrected chi connectivity index (χ1v) is 6.02. The molecule has 7 heteroatoms. The molecular formula is C14H11N4O2Y-. The Morgan fingerprint density at radius 3 is 3.00 bits per heavy atom. The summed E-state index contributed by atoms with van der Waals surface area (Å²) in [6.07, 6.45) is 2.90. The van der Waals surface area contributed by atoms with Crippen LogP contribution >= 0.6 is 0 Å². The van der Waals surface area contributed by atoms with E-state index >= 15 is 0 Å². The van der Waals surface area contributed by atoms with Crippen molar-refractivity contribution in [3.8, 4) is 0 Å². The van der Waals surface area contributed by atoms with Crippen molar-refractivity contribution in [2.75, 3.05) is 0 Å². The van der Waals surface area contributed by atoms with Crippen LogP contribution in [0, 0.1) is 13.0 Å². The average Bonchev–Trinajstić information content (AvgIpc) is 2.81. The zero-order valence-electron chi connectivity index (χ0n) is 11.3. The molecule has 103 valence electrons. The van der Waals surface area contributed by atoms with Gasteiger partial charge in [-0.15, -0.1) is 5.56 Å². The number of fused-ring (bicyclic) bond motifs is 1. The Morgan fingerprint density at radius 2 is 2.29 bits per heavy atom. The SMILES string of the molecule is Cc1c[c-]ccc1Cn1nc(C(=O)O)c2ncncc21.[Y]. The van der Waals surface area contributed by atoms with Crippen LogP contribution in [0.15, 0.2) is 30.7 Å². The largest absolute Gasteiger partial charge is 0.476 e. The quantitative estimate of drug-likeness (QED) is 0.723. The van der Waals surface area contributed by atoms with Gasteiger partial charge in [-0.1, -0.05) is 6.92 Å². The molecule has 1 N–H and O–H groups in total. The Hall–Kier alpha value is -1.66. The molecule has 0 unspecified atom stereocenters. The van der Waals surface area contributed by atoms with Crippen molar-refractivity contribution in [1.29, 1.82) is 0 Å². The molecule has 0 spiro atoms. The summed E-state index contributed by atoms with van der Waals surface area (Å²) in [6.45, 7) is 2.45. The Morgan fingerprint density at radius 1 is 1.48 bits per heavy atom. The number of hydrogen-bond acceptors (Lipinski definition) is 4. The zero-order valence-corrected chi connectivity index (χ0v) is 14.2. The molecule has 2 heterocycles.